The van der Waals surface area contributed by atoms with Crippen LogP contribution in [0.3, 0.4) is 0 Å². The summed E-state index contributed by atoms with van der Waals surface area (Å²) in [6.45, 7) is 2.16. The quantitative estimate of drug-likeness (QED) is 0.725. The number of rotatable bonds is 6. The Morgan fingerprint density at radius 3 is 2.36 bits per heavy atom. The fraction of sp³-hybridized carbons (Fsp3) is 0.381. The summed E-state index contributed by atoms with van der Waals surface area (Å²) in [5.41, 5.74) is 2.10. The molecule has 0 aromatic heterocycles. The number of carbonyl (C=O) groups excluding carboxylic acids is 1. The molecule has 0 aliphatic carbocycles. The predicted octanol–water partition coefficient (Wildman–Crippen LogP) is 5.19. The van der Waals surface area contributed by atoms with Gasteiger partial charge in [-0.25, -0.2) is 0 Å². The molecular formula is C21H26N2OS. The Labute approximate surface area is 154 Å². The van der Waals surface area contributed by atoms with E-state index < -0.39 is 0 Å². The SMILES string of the molecule is O=C(CCSc1ccccc1)Nc1ccccc1N1CCCCCC1. The number of benzene rings is 2. The fourth-order valence-corrected chi connectivity index (χ4v) is 4.03. The van der Waals surface area contributed by atoms with E-state index in [1.807, 2.05) is 30.3 Å². The highest BCUT2D eigenvalue weighted by atomic mass is 32.2. The van der Waals surface area contributed by atoms with Gasteiger partial charge in [-0.2, -0.15) is 0 Å². The van der Waals surface area contributed by atoms with Crippen LogP contribution in [0, 0.1) is 0 Å². The molecule has 0 atom stereocenters. The van der Waals surface area contributed by atoms with Gasteiger partial charge in [0.15, 0.2) is 0 Å². The molecule has 3 nitrogen and oxygen atoms in total. The average molecular weight is 355 g/mol. The molecule has 0 radical (unpaired) electrons. The van der Waals surface area contributed by atoms with Crippen molar-refractivity contribution < 1.29 is 4.79 Å². The molecular weight excluding hydrogens is 328 g/mol. The van der Waals surface area contributed by atoms with Gasteiger partial charge in [0.25, 0.3) is 0 Å². The standard InChI is InChI=1S/C21H26N2OS/c24-21(14-17-25-18-10-4-3-5-11-18)22-19-12-6-7-13-20(19)23-15-8-1-2-9-16-23/h3-7,10-13H,1-2,8-9,14-17H2,(H,22,24). The second kappa shape index (κ2) is 9.52. The number of amides is 1. The Morgan fingerprint density at radius 1 is 0.920 bits per heavy atom. The van der Waals surface area contributed by atoms with Crippen LogP contribution in [0.1, 0.15) is 32.1 Å². The molecule has 1 saturated heterocycles. The van der Waals surface area contributed by atoms with Gasteiger partial charge in [0.2, 0.25) is 5.91 Å². The second-order valence-corrected chi connectivity index (χ2v) is 7.55. The molecule has 1 amide bonds. The van der Waals surface area contributed by atoms with Crippen molar-refractivity contribution in [3.05, 3.63) is 54.6 Å². The van der Waals surface area contributed by atoms with E-state index in [4.69, 9.17) is 0 Å². The maximum Gasteiger partial charge on any atom is 0.225 e. The third-order valence-electron chi connectivity index (χ3n) is 4.47. The topological polar surface area (TPSA) is 32.3 Å². The van der Waals surface area contributed by atoms with Crippen LogP contribution in [0.25, 0.3) is 0 Å². The lowest BCUT2D eigenvalue weighted by atomic mass is 10.2. The molecule has 3 rings (SSSR count). The van der Waals surface area contributed by atoms with E-state index in [0.29, 0.717) is 6.42 Å². The minimum absolute atomic E-state index is 0.0886. The average Bonchev–Trinajstić information content (AvgIpc) is 2.92. The Kier molecular flexibility index (Phi) is 6.80. The lowest BCUT2D eigenvalue weighted by Gasteiger charge is -2.25. The van der Waals surface area contributed by atoms with Crippen LogP contribution in [-0.4, -0.2) is 24.7 Å². The van der Waals surface area contributed by atoms with E-state index in [1.54, 1.807) is 11.8 Å². The number of nitrogens with one attached hydrogen (secondary N) is 1. The van der Waals surface area contributed by atoms with Crippen molar-refractivity contribution in [1.29, 1.82) is 0 Å². The Morgan fingerprint density at radius 2 is 1.60 bits per heavy atom. The molecule has 2 aromatic rings. The zero-order valence-corrected chi connectivity index (χ0v) is 15.4. The Bertz CT molecular complexity index is 667. The summed E-state index contributed by atoms with van der Waals surface area (Å²) >= 11 is 1.72. The summed E-state index contributed by atoms with van der Waals surface area (Å²) in [6.07, 6.45) is 5.60. The second-order valence-electron chi connectivity index (χ2n) is 6.38. The number of anilines is 2. The van der Waals surface area contributed by atoms with E-state index in [0.717, 1.165) is 30.2 Å². The van der Waals surface area contributed by atoms with Crippen molar-refractivity contribution in [3.8, 4) is 0 Å². The third kappa shape index (κ3) is 5.53. The van der Waals surface area contributed by atoms with Crippen molar-refractivity contribution in [1.82, 2.24) is 0 Å². The summed E-state index contributed by atoms with van der Waals surface area (Å²) in [5.74, 6) is 0.882. The molecule has 2 aromatic carbocycles. The monoisotopic (exact) mass is 354 g/mol. The van der Waals surface area contributed by atoms with Gasteiger partial charge in [0.1, 0.15) is 0 Å². The lowest BCUT2D eigenvalue weighted by molar-refractivity contribution is -0.115. The molecule has 0 saturated carbocycles. The van der Waals surface area contributed by atoms with Crippen molar-refractivity contribution >= 4 is 29.0 Å². The Balaban J connectivity index is 1.55. The number of carbonyl (C=O) groups is 1. The van der Waals surface area contributed by atoms with E-state index in [-0.39, 0.29) is 5.91 Å². The van der Waals surface area contributed by atoms with E-state index >= 15 is 0 Å². The number of thioether (sulfide) groups is 1. The minimum Gasteiger partial charge on any atom is -0.370 e. The van der Waals surface area contributed by atoms with Gasteiger partial charge in [-0.05, 0) is 37.1 Å². The molecule has 132 valence electrons. The molecule has 1 N–H and O–H groups in total. The first-order valence-corrected chi connectivity index (χ1v) is 10.1. The van der Waals surface area contributed by atoms with Crippen molar-refractivity contribution in [2.75, 3.05) is 29.1 Å². The summed E-state index contributed by atoms with van der Waals surface area (Å²) in [7, 11) is 0. The van der Waals surface area contributed by atoms with Gasteiger partial charge >= 0.3 is 0 Å². The number of hydrogen-bond acceptors (Lipinski definition) is 3. The summed E-state index contributed by atoms with van der Waals surface area (Å²) in [5, 5.41) is 3.12. The maximum atomic E-state index is 12.4. The van der Waals surface area contributed by atoms with E-state index in [2.05, 4.69) is 34.5 Å². The molecule has 1 heterocycles. The molecule has 0 bridgehead atoms. The molecule has 1 fully saturated rings. The highest BCUT2D eigenvalue weighted by Gasteiger charge is 2.14. The molecule has 1 aliphatic heterocycles. The Hall–Kier alpha value is -1.94. The molecule has 0 unspecified atom stereocenters. The molecule has 0 spiro atoms. The van der Waals surface area contributed by atoms with Crippen LogP contribution in [0.4, 0.5) is 11.4 Å². The van der Waals surface area contributed by atoms with Crippen molar-refractivity contribution in [2.24, 2.45) is 0 Å². The van der Waals surface area contributed by atoms with Crippen LogP contribution < -0.4 is 10.2 Å². The van der Waals surface area contributed by atoms with Crippen molar-refractivity contribution in [2.45, 2.75) is 37.0 Å². The summed E-state index contributed by atoms with van der Waals surface area (Å²) in [6, 6.07) is 18.4. The molecule has 1 aliphatic rings. The summed E-state index contributed by atoms with van der Waals surface area (Å²) < 4.78 is 0. The highest BCUT2D eigenvalue weighted by molar-refractivity contribution is 7.99. The fourth-order valence-electron chi connectivity index (χ4n) is 3.16. The van der Waals surface area contributed by atoms with E-state index in [1.165, 1.54) is 30.6 Å². The van der Waals surface area contributed by atoms with Crippen molar-refractivity contribution in [3.63, 3.8) is 0 Å². The summed E-state index contributed by atoms with van der Waals surface area (Å²) in [4.78, 5) is 16.0. The number of para-hydroxylation sites is 2. The van der Waals surface area contributed by atoms with Crippen LogP contribution in [-0.2, 0) is 4.79 Å². The molecule has 25 heavy (non-hydrogen) atoms. The zero-order chi connectivity index (χ0) is 17.3. The highest BCUT2D eigenvalue weighted by Crippen LogP contribution is 2.28. The van der Waals surface area contributed by atoms with Gasteiger partial charge in [-0.3, -0.25) is 4.79 Å². The third-order valence-corrected chi connectivity index (χ3v) is 5.48. The minimum atomic E-state index is 0.0886. The van der Waals surface area contributed by atoms with Crippen LogP contribution in [0.5, 0.6) is 0 Å². The lowest BCUT2D eigenvalue weighted by Crippen LogP contribution is -2.25. The number of hydrogen-bond donors (Lipinski definition) is 1. The van der Waals surface area contributed by atoms with Gasteiger partial charge < -0.3 is 10.2 Å². The van der Waals surface area contributed by atoms with Gasteiger partial charge in [-0.15, -0.1) is 11.8 Å². The first-order chi connectivity index (χ1) is 12.3. The number of nitrogens with zero attached hydrogens (tertiary/aromatic N) is 1. The van der Waals surface area contributed by atoms with Gasteiger partial charge in [-0.1, -0.05) is 43.2 Å². The zero-order valence-electron chi connectivity index (χ0n) is 14.6. The molecule has 4 heteroatoms. The first kappa shape index (κ1) is 17.9. The maximum absolute atomic E-state index is 12.4. The van der Waals surface area contributed by atoms with Gasteiger partial charge in [0, 0.05) is 30.2 Å². The normalized spacial score (nSPS) is 14.8. The van der Waals surface area contributed by atoms with Crippen LogP contribution in [0.2, 0.25) is 0 Å². The first-order valence-electron chi connectivity index (χ1n) is 9.14. The van der Waals surface area contributed by atoms with Gasteiger partial charge in [0.05, 0.1) is 11.4 Å². The smallest absolute Gasteiger partial charge is 0.225 e. The van der Waals surface area contributed by atoms with Crippen LogP contribution in [0.15, 0.2) is 59.5 Å². The van der Waals surface area contributed by atoms with Crippen LogP contribution >= 0.6 is 11.8 Å². The predicted molar refractivity (Wildman–Crippen MR) is 108 cm³/mol. The largest absolute Gasteiger partial charge is 0.370 e. The van der Waals surface area contributed by atoms with E-state index in [9.17, 15) is 4.79 Å².